The van der Waals surface area contributed by atoms with E-state index in [2.05, 4.69) is 16.0 Å². The summed E-state index contributed by atoms with van der Waals surface area (Å²) in [6, 6.07) is -1.24. The largest absolute Gasteiger partial charge is 0.451 e. The quantitative estimate of drug-likeness (QED) is 0.440. The van der Waals surface area contributed by atoms with Crippen molar-refractivity contribution in [2.45, 2.75) is 76.5 Å². The van der Waals surface area contributed by atoms with E-state index in [-0.39, 0.29) is 12.0 Å². The minimum absolute atomic E-state index is 0.0369. The van der Waals surface area contributed by atoms with Crippen LogP contribution >= 0.6 is 0 Å². The van der Waals surface area contributed by atoms with Crippen molar-refractivity contribution in [2.24, 2.45) is 5.92 Å². The maximum absolute atomic E-state index is 12.5. The lowest BCUT2D eigenvalue weighted by Crippen LogP contribution is -2.49. The molecular formula is C19H28N4O6. The molecule has 160 valence electrons. The maximum Gasteiger partial charge on any atom is 0.327 e. The topological polar surface area (TPSA) is 134 Å². The van der Waals surface area contributed by atoms with Gasteiger partial charge in [-0.2, -0.15) is 0 Å². The number of esters is 1. The zero-order valence-electron chi connectivity index (χ0n) is 16.8. The normalized spacial score (nSPS) is 25.9. The molecule has 29 heavy (non-hydrogen) atoms. The highest BCUT2D eigenvalue weighted by atomic mass is 16.5. The van der Waals surface area contributed by atoms with Gasteiger partial charge < -0.3 is 15.4 Å². The molecule has 1 heterocycles. The molecule has 0 aromatic heterocycles. The molecule has 10 heteroatoms. The van der Waals surface area contributed by atoms with E-state index in [1.54, 1.807) is 6.92 Å². The zero-order chi connectivity index (χ0) is 21.2. The van der Waals surface area contributed by atoms with Crippen molar-refractivity contribution in [2.75, 3.05) is 6.54 Å². The predicted octanol–water partition coefficient (Wildman–Crippen LogP) is 0.797. The van der Waals surface area contributed by atoms with E-state index in [0.29, 0.717) is 0 Å². The van der Waals surface area contributed by atoms with Crippen LogP contribution < -0.4 is 16.0 Å². The summed E-state index contributed by atoms with van der Waals surface area (Å²) in [7, 11) is 0. The highest BCUT2D eigenvalue weighted by Gasteiger charge is 2.56. The van der Waals surface area contributed by atoms with Gasteiger partial charge in [-0.1, -0.05) is 19.3 Å². The van der Waals surface area contributed by atoms with Crippen LogP contribution in [0.4, 0.5) is 9.59 Å². The second-order valence-corrected chi connectivity index (χ2v) is 8.23. The summed E-state index contributed by atoms with van der Waals surface area (Å²) < 4.78 is 5.00. The van der Waals surface area contributed by atoms with Gasteiger partial charge in [0.05, 0.1) is 0 Å². The number of ether oxygens (including phenoxy) is 1. The molecule has 0 bridgehead atoms. The Kier molecular flexibility index (Phi) is 6.09. The number of nitrogens with zero attached hydrogens (tertiary/aromatic N) is 1. The molecule has 3 rings (SSSR count). The Labute approximate surface area is 169 Å². The average Bonchev–Trinajstić information content (AvgIpc) is 3.48. The molecule has 0 aromatic rings. The van der Waals surface area contributed by atoms with Gasteiger partial charge >= 0.3 is 18.0 Å². The van der Waals surface area contributed by atoms with Crippen molar-refractivity contribution in [3.8, 4) is 0 Å². The second-order valence-electron chi connectivity index (χ2n) is 8.23. The van der Waals surface area contributed by atoms with E-state index in [4.69, 9.17) is 4.74 Å². The molecule has 3 aliphatic rings. The summed E-state index contributed by atoms with van der Waals surface area (Å²) in [5.74, 6) is -2.06. The standard InChI is InChI=1S/C19H28N4O6/c1-11(15(25)21-17(27)20-13-6-4-3-5-7-13)29-14(24)10-23-16(26)19(2,12-8-9-12)22-18(23)28/h11-13H,3-10H2,1-2H3,(H,22,28)(H2,20,21,25,27)/t11-,19-/m1/s1. The third-order valence-corrected chi connectivity index (χ3v) is 5.84. The molecule has 1 saturated heterocycles. The average molecular weight is 408 g/mol. The lowest BCUT2D eigenvalue weighted by molar-refractivity contribution is -0.156. The first-order valence-electron chi connectivity index (χ1n) is 10.2. The van der Waals surface area contributed by atoms with Crippen molar-refractivity contribution in [3.05, 3.63) is 0 Å². The van der Waals surface area contributed by atoms with E-state index < -0.39 is 48.0 Å². The first-order valence-corrected chi connectivity index (χ1v) is 10.2. The summed E-state index contributed by atoms with van der Waals surface area (Å²) in [4.78, 5) is 61.5. The van der Waals surface area contributed by atoms with Crippen LogP contribution in [-0.2, 0) is 19.1 Å². The molecule has 2 saturated carbocycles. The molecule has 10 nitrogen and oxygen atoms in total. The fourth-order valence-corrected chi connectivity index (χ4v) is 3.90. The van der Waals surface area contributed by atoms with Gasteiger partial charge in [-0.05, 0) is 45.4 Å². The lowest BCUT2D eigenvalue weighted by atomic mass is 9.96. The SMILES string of the molecule is C[C@@H](OC(=O)CN1C(=O)N[C@](C)(C2CC2)C1=O)C(=O)NC(=O)NC1CCCCC1. The Balaban J connectivity index is 1.44. The van der Waals surface area contributed by atoms with Crippen LogP contribution in [0.2, 0.25) is 0 Å². The van der Waals surface area contributed by atoms with Crippen molar-refractivity contribution in [3.63, 3.8) is 0 Å². The molecule has 2 aliphatic carbocycles. The van der Waals surface area contributed by atoms with Crippen molar-refractivity contribution in [1.82, 2.24) is 20.9 Å². The third-order valence-electron chi connectivity index (χ3n) is 5.84. The molecule has 6 amide bonds. The van der Waals surface area contributed by atoms with Crippen LogP contribution in [0.5, 0.6) is 0 Å². The van der Waals surface area contributed by atoms with Gasteiger partial charge in [-0.3, -0.25) is 24.6 Å². The number of hydrogen-bond donors (Lipinski definition) is 3. The van der Waals surface area contributed by atoms with Gasteiger partial charge in [0.1, 0.15) is 12.1 Å². The maximum atomic E-state index is 12.5. The predicted molar refractivity (Wildman–Crippen MR) is 100 cm³/mol. The lowest BCUT2D eigenvalue weighted by Gasteiger charge is -2.23. The molecule has 0 spiro atoms. The molecule has 0 unspecified atom stereocenters. The Morgan fingerprint density at radius 2 is 1.83 bits per heavy atom. The van der Waals surface area contributed by atoms with Gasteiger partial charge in [0.15, 0.2) is 6.10 Å². The minimum Gasteiger partial charge on any atom is -0.451 e. The fourth-order valence-electron chi connectivity index (χ4n) is 3.90. The summed E-state index contributed by atoms with van der Waals surface area (Å²) in [6.45, 7) is 2.39. The number of carbonyl (C=O) groups excluding carboxylic acids is 5. The van der Waals surface area contributed by atoms with Crippen LogP contribution in [0.3, 0.4) is 0 Å². The summed E-state index contributed by atoms with van der Waals surface area (Å²) in [5.41, 5.74) is -0.989. The molecule has 1 aliphatic heterocycles. The van der Waals surface area contributed by atoms with Crippen LogP contribution in [0, 0.1) is 5.92 Å². The number of hydrogen-bond acceptors (Lipinski definition) is 6. The van der Waals surface area contributed by atoms with Crippen LogP contribution in [0.15, 0.2) is 0 Å². The van der Waals surface area contributed by atoms with Crippen molar-refractivity contribution < 1.29 is 28.7 Å². The van der Waals surface area contributed by atoms with Gasteiger partial charge in [-0.15, -0.1) is 0 Å². The molecule has 3 fully saturated rings. The number of rotatable bonds is 6. The van der Waals surface area contributed by atoms with Crippen LogP contribution in [0.1, 0.15) is 58.8 Å². The third kappa shape index (κ3) is 4.86. The first kappa shape index (κ1) is 21.1. The van der Waals surface area contributed by atoms with Gasteiger partial charge in [0.2, 0.25) is 0 Å². The molecule has 0 radical (unpaired) electrons. The Morgan fingerprint density at radius 3 is 2.45 bits per heavy atom. The minimum atomic E-state index is -1.24. The van der Waals surface area contributed by atoms with E-state index in [9.17, 15) is 24.0 Å². The van der Waals surface area contributed by atoms with E-state index in [1.165, 1.54) is 6.92 Å². The Hall–Kier alpha value is -2.65. The van der Waals surface area contributed by atoms with Crippen molar-refractivity contribution in [1.29, 1.82) is 0 Å². The highest BCUT2D eigenvalue weighted by molar-refractivity contribution is 6.09. The van der Waals surface area contributed by atoms with Crippen LogP contribution in [0.25, 0.3) is 0 Å². The van der Waals surface area contributed by atoms with Gasteiger partial charge in [0.25, 0.3) is 11.8 Å². The second kappa shape index (κ2) is 8.38. The van der Waals surface area contributed by atoms with E-state index in [1.807, 2.05) is 0 Å². The van der Waals surface area contributed by atoms with Gasteiger partial charge in [-0.25, -0.2) is 9.59 Å². The number of carbonyl (C=O) groups is 5. The number of urea groups is 2. The Bertz CT molecular complexity index is 715. The number of amides is 6. The molecule has 0 aromatic carbocycles. The molecular weight excluding hydrogens is 380 g/mol. The number of imide groups is 2. The van der Waals surface area contributed by atoms with Crippen LogP contribution in [-0.4, -0.2) is 59.0 Å². The van der Waals surface area contributed by atoms with Gasteiger partial charge in [0, 0.05) is 6.04 Å². The summed E-state index contributed by atoms with van der Waals surface area (Å²) >= 11 is 0. The smallest absolute Gasteiger partial charge is 0.327 e. The summed E-state index contributed by atoms with van der Waals surface area (Å²) in [6.07, 6.45) is 5.42. The zero-order valence-corrected chi connectivity index (χ0v) is 16.8. The molecule has 2 atom stereocenters. The highest BCUT2D eigenvalue weighted by Crippen LogP contribution is 2.42. The summed E-state index contributed by atoms with van der Waals surface area (Å²) in [5, 5.41) is 7.53. The Morgan fingerprint density at radius 1 is 1.17 bits per heavy atom. The van der Waals surface area contributed by atoms with E-state index >= 15 is 0 Å². The molecule has 3 N–H and O–H groups in total. The van der Waals surface area contributed by atoms with E-state index in [0.717, 1.165) is 49.8 Å². The fraction of sp³-hybridized carbons (Fsp3) is 0.737. The number of nitrogens with one attached hydrogen (secondary N) is 3. The van der Waals surface area contributed by atoms with Crippen molar-refractivity contribution >= 4 is 29.8 Å². The monoisotopic (exact) mass is 408 g/mol. The first-order chi connectivity index (χ1) is 13.7.